The molecule has 0 bridgehead atoms. The first-order chi connectivity index (χ1) is 11.0. The standard InChI is InChI=1S/C17H22N4O2/c1-10(16-11(2)20-21(4)12(16)3)18-17(22)19-14-5-6-15-13(9-14)7-8-23-15/h5-6,9-10H,7-8H2,1-4H3,(H2,18,19,22). The molecule has 1 aromatic carbocycles. The minimum Gasteiger partial charge on any atom is -0.493 e. The Balaban J connectivity index is 1.67. The molecule has 1 aliphatic heterocycles. The molecule has 1 aromatic heterocycles. The van der Waals surface area contributed by atoms with Gasteiger partial charge in [0.1, 0.15) is 5.75 Å². The molecule has 6 heteroatoms. The topological polar surface area (TPSA) is 68.2 Å². The van der Waals surface area contributed by atoms with Crippen LogP contribution >= 0.6 is 0 Å². The van der Waals surface area contributed by atoms with Crippen LogP contribution in [-0.4, -0.2) is 22.4 Å². The van der Waals surface area contributed by atoms with E-state index in [1.54, 1.807) is 0 Å². The molecule has 23 heavy (non-hydrogen) atoms. The number of benzene rings is 1. The fraction of sp³-hybridized carbons (Fsp3) is 0.412. The highest BCUT2D eigenvalue weighted by Gasteiger charge is 2.18. The number of ether oxygens (including phenoxy) is 1. The largest absolute Gasteiger partial charge is 0.493 e. The summed E-state index contributed by atoms with van der Waals surface area (Å²) in [6, 6.07) is 5.39. The fourth-order valence-corrected chi connectivity index (χ4v) is 3.12. The lowest BCUT2D eigenvalue weighted by atomic mass is 10.1. The lowest BCUT2D eigenvalue weighted by Crippen LogP contribution is -2.31. The number of urea groups is 1. The van der Waals surface area contributed by atoms with E-state index >= 15 is 0 Å². The number of hydrogen-bond acceptors (Lipinski definition) is 3. The van der Waals surface area contributed by atoms with E-state index < -0.39 is 0 Å². The molecule has 0 radical (unpaired) electrons. The normalized spacial score (nSPS) is 14.1. The Morgan fingerprint density at radius 1 is 1.39 bits per heavy atom. The number of carbonyl (C=O) groups excluding carboxylic acids is 1. The molecular weight excluding hydrogens is 292 g/mol. The monoisotopic (exact) mass is 314 g/mol. The summed E-state index contributed by atoms with van der Waals surface area (Å²) in [5, 5.41) is 10.3. The number of fused-ring (bicyclic) bond motifs is 1. The van der Waals surface area contributed by atoms with Gasteiger partial charge in [-0.25, -0.2) is 4.79 Å². The number of nitrogens with one attached hydrogen (secondary N) is 2. The summed E-state index contributed by atoms with van der Waals surface area (Å²) in [5.74, 6) is 0.908. The Bertz CT molecular complexity index is 751. The maximum absolute atomic E-state index is 12.2. The third kappa shape index (κ3) is 3.02. The summed E-state index contributed by atoms with van der Waals surface area (Å²) in [7, 11) is 1.91. The van der Waals surface area contributed by atoms with Crippen LogP contribution in [0.4, 0.5) is 10.5 Å². The number of anilines is 1. The van der Waals surface area contributed by atoms with Gasteiger partial charge in [-0.2, -0.15) is 5.10 Å². The predicted octanol–water partition coefficient (Wildman–Crippen LogP) is 2.85. The summed E-state index contributed by atoms with van der Waals surface area (Å²) < 4.78 is 7.31. The first-order valence-corrected chi connectivity index (χ1v) is 7.79. The van der Waals surface area contributed by atoms with Crippen LogP contribution in [0, 0.1) is 13.8 Å². The number of hydrogen-bond donors (Lipinski definition) is 2. The van der Waals surface area contributed by atoms with Crippen LogP contribution in [0.3, 0.4) is 0 Å². The highest BCUT2D eigenvalue weighted by atomic mass is 16.5. The Kier molecular flexibility index (Phi) is 3.98. The van der Waals surface area contributed by atoms with Gasteiger partial charge in [-0.15, -0.1) is 0 Å². The van der Waals surface area contributed by atoms with Gasteiger partial charge in [0.25, 0.3) is 0 Å². The molecule has 2 heterocycles. The minimum absolute atomic E-state index is 0.110. The van der Waals surface area contributed by atoms with Gasteiger partial charge in [-0.05, 0) is 44.5 Å². The summed E-state index contributed by atoms with van der Waals surface area (Å²) in [5.41, 5.74) is 4.97. The number of aromatic nitrogens is 2. The number of amides is 2. The van der Waals surface area contributed by atoms with E-state index in [4.69, 9.17) is 4.74 Å². The van der Waals surface area contributed by atoms with E-state index in [1.165, 1.54) is 0 Å². The first kappa shape index (κ1) is 15.4. The number of aryl methyl sites for hydroxylation is 2. The quantitative estimate of drug-likeness (QED) is 0.915. The molecule has 6 nitrogen and oxygen atoms in total. The molecule has 0 aliphatic carbocycles. The summed E-state index contributed by atoms with van der Waals surface area (Å²) in [4.78, 5) is 12.2. The summed E-state index contributed by atoms with van der Waals surface area (Å²) >= 11 is 0. The van der Waals surface area contributed by atoms with E-state index in [2.05, 4.69) is 15.7 Å². The second-order valence-corrected chi connectivity index (χ2v) is 5.95. The molecule has 2 N–H and O–H groups in total. The Morgan fingerprint density at radius 3 is 2.87 bits per heavy atom. The van der Waals surface area contributed by atoms with Crippen LogP contribution in [0.5, 0.6) is 5.75 Å². The van der Waals surface area contributed by atoms with Crippen molar-refractivity contribution in [3.8, 4) is 5.75 Å². The Hall–Kier alpha value is -2.50. The van der Waals surface area contributed by atoms with E-state index in [0.717, 1.165) is 40.4 Å². The number of nitrogens with zero attached hydrogens (tertiary/aromatic N) is 2. The zero-order valence-corrected chi connectivity index (χ0v) is 13.9. The first-order valence-electron chi connectivity index (χ1n) is 7.79. The molecule has 2 aromatic rings. The maximum atomic E-state index is 12.2. The average Bonchev–Trinajstić information content (AvgIpc) is 3.03. The van der Waals surface area contributed by atoms with Crippen molar-refractivity contribution < 1.29 is 9.53 Å². The summed E-state index contributed by atoms with van der Waals surface area (Å²) in [6.07, 6.45) is 0.886. The van der Waals surface area contributed by atoms with Gasteiger partial charge >= 0.3 is 6.03 Å². The lowest BCUT2D eigenvalue weighted by Gasteiger charge is -2.16. The fourth-order valence-electron chi connectivity index (χ4n) is 3.12. The van der Waals surface area contributed by atoms with E-state index in [1.807, 2.05) is 50.7 Å². The van der Waals surface area contributed by atoms with Crippen LogP contribution in [-0.2, 0) is 13.5 Å². The highest BCUT2D eigenvalue weighted by Crippen LogP contribution is 2.28. The van der Waals surface area contributed by atoms with E-state index in [9.17, 15) is 4.79 Å². The molecule has 3 rings (SSSR count). The maximum Gasteiger partial charge on any atom is 0.319 e. The van der Waals surface area contributed by atoms with Crippen LogP contribution in [0.25, 0.3) is 0 Å². The van der Waals surface area contributed by atoms with Crippen molar-refractivity contribution in [1.29, 1.82) is 0 Å². The predicted molar refractivity (Wildman–Crippen MR) is 88.9 cm³/mol. The van der Waals surface area contributed by atoms with Crippen molar-refractivity contribution in [3.05, 3.63) is 40.7 Å². The third-order valence-corrected chi connectivity index (χ3v) is 4.29. The Labute approximate surface area is 135 Å². The van der Waals surface area contributed by atoms with Crippen molar-refractivity contribution >= 4 is 11.7 Å². The van der Waals surface area contributed by atoms with Gasteiger partial charge in [0.15, 0.2) is 0 Å². The van der Waals surface area contributed by atoms with Gasteiger partial charge in [0.05, 0.1) is 18.3 Å². The van der Waals surface area contributed by atoms with Crippen LogP contribution in [0.15, 0.2) is 18.2 Å². The van der Waals surface area contributed by atoms with Gasteiger partial charge in [-0.1, -0.05) is 0 Å². The number of carbonyl (C=O) groups is 1. The molecule has 0 spiro atoms. The molecule has 0 fully saturated rings. The average molecular weight is 314 g/mol. The van der Waals surface area contributed by atoms with Gasteiger partial charge in [-0.3, -0.25) is 4.68 Å². The van der Waals surface area contributed by atoms with Crippen LogP contribution in [0.1, 0.15) is 35.5 Å². The second kappa shape index (κ2) is 5.95. The van der Waals surface area contributed by atoms with Crippen LogP contribution in [0.2, 0.25) is 0 Å². The summed E-state index contributed by atoms with van der Waals surface area (Å²) in [6.45, 7) is 6.64. The van der Waals surface area contributed by atoms with Crippen LogP contribution < -0.4 is 15.4 Å². The van der Waals surface area contributed by atoms with Crippen molar-refractivity contribution in [2.45, 2.75) is 33.2 Å². The van der Waals surface area contributed by atoms with Crippen molar-refractivity contribution in [1.82, 2.24) is 15.1 Å². The smallest absolute Gasteiger partial charge is 0.319 e. The molecule has 122 valence electrons. The van der Waals surface area contributed by atoms with Gasteiger partial charge < -0.3 is 15.4 Å². The molecule has 1 unspecified atom stereocenters. The highest BCUT2D eigenvalue weighted by molar-refractivity contribution is 5.89. The molecule has 1 atom stereocenters. The molecule has 0 saturated heterocycles. The molecule has 2 amide bonds. The van der Waals surface area contributed by atoms with E-state index in [0.29, 0.717) is 6.61 Å². The van der Waals surface area contributed by atoms with Crippen molar-refractivity contribution in [3.63, 3.8) is 0 Å². The van der Waals surface area contributed by atoms with Crippen molar-refractivity contribution in [2.24, 2.45) is 7.05 Å². The second-order valence-electron chi connectivity index (χ2n) is 5.95. The molecular formula is C17H22N4O2. The third-order valence-electron chi connectivity index (χ3n) is 4.29. The lowest BCUT2D eigenvalue weighted by molar-refractivity contribution is 0.249. The molecule has 1 aliphatic rings. The zero-order chi connectivity index (χ0) is 16.6. The van der Waals surface area contributed by atoms with Gasteiger partial charge in [0, 0.05) is 30.4 Å². The minimum atomic E-state index is -0.223. The van der Waals surface area contributed by atoms with E-state index in [-0.39, 0.29) is 12.1 Å². The molecule has 0 saturated carbocycles. The zero-order valence-electron chi connectivity index (χ0n) is 13.9. The number of rotatable bonds is 3. The Morgan fingerprint density at radius 2 is 2.17 bits per heavy atom. The van der Waals surface area contributed by atoms with Gasteiger partial charge in [0.2, 0.25) is 0 Å². The SMILES string of the molecule is Cc1nn(C)c(C)c1C(C)NC(=O)Nc1ccc2c(c1)CCO2. The van der Waals surface area contributed by atoms with Crippen molar-refractivity contribution in [2.75, 3.05) is 11.9 Å².